The topological polar surface area (TPSA) is 64.1 Å². The zero-order chi connectivity index (χ0) is 21.6. The van der Waals surface area contributed by atoms with E-state index in [0.29, 0.717) is 29.9 Å². The third-order valence-corrected chi connectivity index (χ3v) is 5.98. The van der Waals surface area contributed by atoms with Gasteiger partial charge in [-0.25, -0.2) is 14.4 Å². The monoisotopic (exact) mass is 419 g/mol. The molecular weight excluding hydrogens is 393 g/mol. The molecule has 6 heteroatoms. The molecule has 4 rings (SSSR count). The lowest BCUT2D eigenvalue weighted by molar-refractivity contribution is -0.142. The molecule has 0 bridgehead atoms. The first-order valence-corrected chi connectivity index (χ1v) is 10.6. The highest BCUT2D eigenvalue weighted by atomic mass is 19.1. The maximum Gasteiger partial charge on any atom is 0.305 e. The molecule has 0 unspecified atom stereocenters. The first kappa shape index (κ1) is 21.0. The summed E-state index contributed by atoms with van der Waals surface area (Å²) in [6.07, 6.45) is 8.40. The van der Waals surface area contributed by atoms with Crippen LogP contribution in [0.1, 0.15) is 43.6 Å². The maximum atomic E-state index is 13.3. The number of carbonyl (C=O) groups excluding carboxylic acids is 1. The molecule has 1 N–H and O–H groups in total. The Morgan fingerprint density at radius 1 is 1.03 bits per heavy atom. The van der Waals surface area contributed by atoms with Gasteiger partial charge < -0.3 is 10.1 Å². The number of esters is 1. The molecule has 31 heavy (non-hydrogen) atoms. The molecular formula is C25H26FN3O2. The number of hydrogen-bond acceptors (Lipinski definition) is 5. The van der Waals surface area contributed by atoms with Crippen LogP contribution in [0.4, 0.5) is 16.0 Å². The largest absolute Gasteiger partial charge is 0.469 e. The fourth-order valence-electron chi connectivity index (χ4n) is 4.20. The number of halogens is 1. The molecule has 0 aliphatic heterocycles. The van der Waals surface area contributed by atoms with Crippen LogP contribution in [0, 0.1) is 11.7 Å². The van der Waals surface area contributed by atoms with E-state index >= 15 is 0 Å². The summed E-state index contributed by atoms with van der Waals surface area (Å²) in [6, 6.07) is 14.8. The van der Waals surface area contributed by atoms with E-state index in [1.165, 1.54) is 24.8 Å². The summed E-state index contributed by atoms with van der Waals surface area (Å²) in [5, 5.41) is 3.00. The van der Waals surface area contributed by atoms with E-state index < -0.39 is 0 Å². The summed E-state index contributed by atoms with van der Waals surface area (Å²) in [7, 11) is 1.45. The highest BCUT2D eigenvalue weighted by Gasteiger charge is 2.24. The number of methoxy groups -OCH3 is 1. The van der Waals surface area contributed by atoms with Crippen LogP contribution in [0.5, 0.6) is 0 Å². The zero-order valence-electron chi connectivity index (χ0n) is 17.6. The molecule has 1 heterocycles. The Hall–Kier alpha value is -3.28. The summed E-state index contributed by atoms with van der Waals surface area (Å²) >= 11 is 0. The molecule has 1 saturated carbocycles. The lowest BCUT2D eigenvalue weighted by Crippen LogP contribution is -2.17. The molecule has 0 amide bonds. The molecule has 3 aromatic rings. The van der Waals surface area contributed by atoms with Crippen molar-refractivity contribution in [2.75, 3.05) is 12.4 Å². The fourth-order valence-corrected chi connectivity index (χ4v) is 4.20. The first-order valence-electron chi connectivity index (χ1n) is 10.6. The second-order valence-corrected chi connectivity index (χ2v) is 8.05. The minimum Gasteiger partial charge on any atom is -0.469 e. The summed E-state index contributed by atoms with van der Waals surface area (Å²) < 4.78 is 18.1. The van der Waals surface area contributed by atoms with Crippen molar-refractivity contribution in [1.82, 2.24) is 9.97 Å². The number of ether oxygens (including phenoxy) is 1. The van der Waals surface area contributed by atoms with Crippen LogP contribution in [-0.2, 0) is 9.53 Å². The Kier molecular flexibility index (Phi) is 6.55. The second-order valence-electron chi connectivity index (χ2n) is 8.05. The Balaban J connectivity index is 1.35. The van der Waals surface area contributed by atoms with E-state index in [1.54, 1.807) is 24.5 Å². The number of nitrogens with zero attached hydrogens (tertiary/aromatic N) is 2. The Morgan fingerprint density at radius 2 is 1.74 bits per heavy atom. The predicted molar refractivity (Wildman–Crippen MR) is 118 cm³/mol. The molecule has 160 valence electrons. The van der Waals surface area contributed by atoms with Gasteiger partial charge in [0.2, 0.25) is 5.95 Å². The number of aromatic nitrogens is 2. The molecule has 0 spiro atoms. The van der Waals surface area contributed by atoms with Gasteiger partial charge in [-0.15, -0.1) is 0 Å². The molecule has 5 nitrogen and oxygen atoms in total. The molecule has 1 fully saturated rings. The zero-order valence-corrected chi connectivity index (χ0v) is 17.6. The molecule has 0 saturated heterocycles. The summed E-state index contributed by atoms with van der Waals surface area (Å²) in [6.45, 7) is 0. The number of carbonyl (C=O) groups is 1. The fraction of sp³-hybridized carbons (Fsp3) is 0.320. The van der Waals surface area contributed by atoms with Crippen molar-refractivity contribution in [2.24, 2.45) is 5.92 Å². The van der Waals surface area contributed by atoms with Gasteiger partial charge in [-0.2, -0.15) is 0 Å². The van der Waals surface area contributed by atoms with E-state index in [4.69, 9.17) is 4.74 Å². The van der Waals surface area contributed by atoms with Crippen molar-refractivity contribution in [2.45, 2.75) is 38.0 Å². The van der Waals surface area contributed by atoms with Gasteiger partial charge in [0.05, 0.1) is 7.11 Å². The van der Waals surface area contributed by atoms with Gasteiger partial charge >= 0.3 is 5.97 Å². The van der Waals surface area contributed by atoms with E-state index in [0.717, 1.165) is 36.8 Å². The third kappa shape index (κ3) is 5.45. The van der Waals surface area contributed by atoms with E-state index in [1.807, 2.05) is 0 Å². The van der Waals surface area contributed by atoms with Crippen LogP contribution in [0.2, 0.25) is 0 Å². The van der Waals surface area contributed by atoms with Crippen molar-refractivity contribution in [3.63, 3.8) is 0 Å². The number of rotatable bonds is 6. The Labute approximate surface area is 181 Å². The molecule has 2 aromatic carbocycles. The second kappa shape index (κ2) is 9.69. The average molecular weight is 420 g/mol. The minimum atomic E-state index is -0.307. The van der Waals surface area contributed by atoms with Crippen molar-refractivity contribution in [3.05, 3.63) is 72.3 Å². The van der Waals surface area contributed by atoms with Gasteiger partial charge in [0.1, 0.15) is 5.82 Å². The van der Waals surface area contributed by atoms with Crippen LogP contribution in [0.3, 0.4) is 0 Å². The van der Waals surface area contributed by atoms with Crippen LogP contribution in [-0.4, -0.2) is 23.0 Å². The molecule has 1 aromatic heterocycles. The average Bonchev–Trinajstić information content (AvgIpc) is 2.80. The van der Waals surface area contributed by atoms with Crippen LogP contribution < -0.4 is 5.32 Å². The normalized spacial score (nSPS) is 18.4. The smallest absolute Gasteiger partial charge is 0.305 e. The molecule has 0 atom stereocenters. The highest BCUT2D eigenvalue weighted by molar-refractivity contribution is 5.69. The summed E-state index contributed by atoms with van der Waals surface area (Å²) in [5.41, 5.74) is 3.93. The van der Waals surface area contributed by atoms with E-state index in [-0.39, 0.29) is 11.8 Å². The third-order valence-electron chi connectivity index (χ3n) is 5.98. The van der Waals surface area contributed by atoms with Crippen molar-refractivity contribution < 1.29 is 13.9 Å². The van der Waals surface area contributed by atoms with Gasteiger partial charge in [0.25, 0.3) is 0 Å². The number of hydrogen-bond donors (Lipinski definition) is 1. The van der Waals surface area contributed by atoms with Gasteiger partial charge in [0.15, 0.2) is 0 Å². The predicted octanol–water partition coefficient (Wildman–Crippen LogP) is 5.86. The number of anilines is 2. The van der Waals surface area contributed by atoms with Gasteiger partial charge in [-0.3, -0.25) is 4.79 Å². The quantitative estimate of drug-likeness (QED) is 0.507. The lowest BCUT2D eigenvalue weighted by atomic mass is 9.77. The Bertz CT molecular complexity index is 1010. The molecule has 1 aliphatic rings. The van der Waals surface area contributed by atoms with Crippen LogP contribution in [0.25, 0.3) is 11.1 Å². The van der Waals surface area contributed by atoms with E-state index in [2.05, 4.69) is 39.6 Å². The first-order chi connectivity index (χ1) is 15.1. The van der Waals surface area contributed by atoms with Crippen LogP contribution >= 0.6 is 0 Å². The van der Waals surface area contributed by atoms with Gasteiger partial charge in [-0.1, -0.05) is 30.3 Å². The van der Waals surface area contributed by atoms with Crippen molar-refractivity contribution in [3.8, 4) is 11.1 Å². The van der Waals surface area contributed by atoms with Gasteiger partial charge in [-0.05, 0) is 66.8 Å². The standard InChI is InChI=1S/C25H26FN3O2/c1-31-24(30)13-17-5-7-18(8-6-17)19-9-11-20(12-10-19)21-15-27-25(28-16-21)29-23-4-2-3-22(26)14-23/h2-4,9-12,14-18H,5-8,13H2,1H3,(H,27,28,29). The highest BCUT2D eigenvalue weighted by Crippen LogP contribution is 2.37. The van der Waals surface area contributed by atoms with Crippen molar-refractivity contribution in [1.29, 1.82) is 0 Å². The van der Waals surface area contributed by atoms with Gasteiger partial charge in [0, 0.05) is 30.1 Å². The Morgan fingerprint density at radius 3 is 2.39 bits per heavy atom. The SMILES string of the molecule is COC(=O)CC1CCC(c2ccc(-c3cnc(Nc4cccc(F)c4)nc3)cc2)CC1. The maximum absolute atomic E-state index is 13.3. The van der Waals surface area contributed by atoms with Crippen molar-refractivity contribution >= 4 is 17.6 Å². The summed E-state index contributed by atoms with van der Waals surface area (Å²) in [4.78, 5) is 20.2. The van der Waals surface area contributed by atoms with Crippen LogP contribution in [0.15, 0.2) is 60.9 Å². The number of benzene rings is 2. The van der Waals surface area contributed by atoms with E-state index in [9.17, 15) is 9.18 Å². The summed E-state index contributed by atoms with van der Waals surface area (Å²) in [5.74, 6) is 0.997. The molecule has 1 aliphatic carbocycles. The lowest BCUT2D eigenvalue weighted by Gasteiger charge is -2.28. The number of nitrogens with one attached hydrogen (secondary N) is 1. The molecule has 0 radical (unpaired) electrons. The minimum absolute atomic E-state index is 0.104.